The molecule has 69 heavy (non-hydrogen) atoms. The molecule has 2 aliphatic rings. The molecule has 0 atom stereocenters. The molecule has 6 nitrogen and oxygen atoms in total. The van der Waals surface area contributed by atoms with Gasteiger partial charge in [-0.1, -0.05) is 153 Å². The second-order valence-corrected chi connectivity index (χ2v) is 20.9. The topological polar surface area (TPSA) is 53.5 Å². The van der Waals surface area contributed by atoms with Crippen molar-refractivity contribution in [1.82, 2.24) is 29.1 Å². The molecule has 3 aromatic heterocycles. The summed E-state index contributed by atoms with van der Waals surface area (Å²) in [6.45, 7) is 19.0. The molecule has 0 aliphatic carbocycles. The first-order chi connectivity index (χ1) is 32.7. The standard InChI is InChI=1S/C52H52N4.C10H9N2.Ir/c1-49(2)43-31-37(26-28-45(43)55-47(51(49,5)6)41(33-53-55)39-18-11-9-12-19-39)24-22-35-16-15-17-36(30-35)23-25-38-27-29-46-44(32-38)50(3,4)52(7,8)48-42(34-54-56(46)48)40-20-13-10-14-21-40;1-12-8-7-11-10(12)9-5-3-2-4-6-9;/h9-21,26-27,30-34H,22-25H2,1-8H3;2-5,7-8H,1H3;/q-2;-1;+3. The Bertz CT molecular complexity index is 3060. The van der Waals surface area contributed by atoms with Gasteiger partial charge in [0.15, 0.2) is 0 Å². The molecular formula is C62H61IrN6. The summed E-state index contributed by atoms with van der Waals surface area (Å²) in [7, 11) is 1.98. The Labute approximate surface area is 422 Å². The van der Waals surface area contributed by atoms with Crippen molar-refractivity contribution in [3.8, 4) is 45.0 Å². The molecule has 0 fully saturated rings. The van der Waals surface area contributed by atoms with Crippen LogP contribution in [0.2, 0.25) is 0 Å². The number of aromatic nitrogens is 6. The summed E-state index contributed by atoms with van der Waals surface area (Å²) in [5.74, 6) is 0.954. The van der Waals surface area contributed by atoms with Gasteiger partial charge in [0, 0.05) is 41.4 Å². The second-order valence-electron chi connectivity index (χ2n) is 20.9. The van der Waals surface area contributed by atoms with Gasteiger partial charge in [0.25, 0.3) is 0 Å². The van der Waals surface area contributed by atoms with Crippen LogP contribution in [0.4, 0.5) is 0 Å². The predicted octanol–water partition coefficient (Wildman–Crippen LogP) is 13.6. The van der Waals surface area contributed by atoms with E-state index in [2.05, 4.69) is 197 Å². The maximum Gasteiger partial charge on any atom is 3.00 e. The zero-order valence-corrected chi connectivity index (χ0v) is 43.8. The van der Waals surface area contributed by atoms with Gasteiger partial charge in [-0.3, -0.25) is 14.3 Å². The van der Waals surface area contributed by atoms with Crippen LogP contribution in [0.25, 0.3) is 45.0 Å². The number of fused-ring (bicyclic) bond motifs is 6. The monoisotopic (exact) mass is 1080 g/mol. The number of imidazole rings is 1. The third-order valence-electron chi connectivity index (χ3n) is 15.9. The molecule has 0 unspecified atom stereocenters. The molecule has 0 amide bonds. The Hall–Kier alpha value is -6.40. The molecular weight excluding hydrogens is 1020 g/mol. The van der Waals surface area contributed by atoms with Gasteiger partial charge in [0.2, 0.25) is 0 Å². The molecule has 5 heterocycles. The molecule has 0 bridgehead atoms. The van der Waals surface area contributed by atoms with Gasteiger partial charge in [-0.25, -0.2) is 0 Å². The van der Waals surface area contributed by atoms with Crippen molar-refractivity contribution in [2.45, 2.75) is 103 Å². The van der Waals surface area contributed by atoms with Gasteiger partial charge in [-0.05, 0) is 57.3 Å². The molecule has 0 radical (unpaired) electrons. The van der Waals surface area contributed by atoms with Gasteiger partial charge < -0.3 is 4.57 Å². The summed E-state index contributed by atoms with van der Waals surface area (Å²) in [5.41, 5.74) is 18.0. The van der Waals surface area contributed by atoms with Crippen molar-refractivity contribution < 1.29 is 20.1 Å². The van der Waals surface area contributed by atoms with Crippen molar-refractivity contribution in [1.29, 1.82) is 0 Å². The zero-order chi connectivity index (χ0) is 47.4. The SMILES string of the molecule is CC1(C)c2cc(CCc3cccc(CCc4c[c-]c5c(c4)C(C)(C)C(C)(C)c4c(-c6ccccc6)cnn4-5)c3)c[c-]c2-n2ncc(-c3ccccc3)c2C1(C)C.Cn1ccnc1-c1[c-]cccc1.[Ir+3]. The van der Waals surface area contributed by atoms with E-state index in [-0.39, 0.29) is 41.8 Å². The van der Waals surface area contributed by atoms with E-state index >= 15 is 0 Å². The molecule has 9 aromatic rings. The van der Waals surface area contributed by atoms with Crippen LogP contribution in [0, 0.1) is 18.2 Å². The minimum Gasteiger partial charge on any atom is -0.373 e. The molecule has 7 heteroatoms. The Kier molecular flexibility index (Phi) is 12.8. The first kappa shape index (κ1) is 47.7. The molecule has 348 valence electrons. The number of benzene rings is 6. The molecule has 0 saturated carbocycles. The third kappa shape index (κ3) is 8.38. The average Bonchev–Trinajstić information content (AvgIpc) is 4.13. The fraction of sp³-hybridized carbons (Fsp3) is 0.274. The number of rotatable bonds is 9. The minimum atomic E-state index is -0.141. The fourth-order valence-corrected chi connectivity index (χ4v) is 10.5. The molecule has 2 aliphatic heterocycles. The van der Waals surface area contributed by atoms with Gasteiger partial charge in [0.05, 0.1) is 29.6 Å². The van der Waals surface area contributed by atoms with Crippen LogP contribution >= 0.6 is 0 Å². The first-order valence-electron chi connectivity index (χ1n) is 24.1. The number of aryl methyl sites for hydroxylation is 5. The van der Waals surface area contributed by atoms with Crippen LogP contribution in [-0.4, -0.2) is 29.1 Å². The van der Waals surface area contributed by atoms with E-state index in [1.807, 2.05) is 54.5 Å². The van der Waals surface area contributed by atoms with Gasteiger partial charge in [0.1, 0.15) is 0 Å². The van der Waals surface area contributed by atoms with E-state index in [0.717, 1.165) is 48.4 Å². The fourth-order valence-electron chi connectivity index (χ4n) is 10.5. The van der Waals surface area contributed by atoms with E-state index in [1.54, 1.807) is 6.20 Å². The zero-order valence-electron chi connectivity index (χ0n) is 41.4. The summed E-state index contributed by atoms with van der Waals surface area (Å²) >= 11 is 0. The van der Waals surface area contributed by atoms with Crippen LogP contribution < -0.4 is 0 Å². The van der Waals surface area contributed by atoms with Crippen LogP contribution in [-0.2, 0) is 74.5 Å². The first-order valence-corrected chi connectivity index (χ1v) is 24.1. The summed E-state index contributed by atoms with van der Waals surface area (Å²) in [5, 5.41) is 9.88. The van der Waals surface area contributed by atoms with Crippen molar-refractivity contribution in [2.75, 3.05) is 0 Å². The summed E-state index contributed by atoms with van der Waals surface area (Å²) in [6, 6.07) is 58.1. The molecule has 6 aromatic carbocycles. The van der Waals surface area contributed by atoms with E-state index < -0.39 is 0 Å². The predicted molar refractivity (Wildman–Crippen MR) is 277 cm³/mol. The maximum absolute atomic E-state index is 4.94. The smallest absolute Gasteiger partial charge is 0.373 e. The van der Waals surface area contributed by atoms with Crippen molar-refractivity contribution in [2.24, 2.45) is 7.05 Å². The van der Waals surface area contributed by atoms with Crippen LogP contribution in [0.3, 0.4) is 0 Å². The summed E-state index contributed by atoms with van der Waals surface area (Å²) in [6.07, 6.45) is 11.7. The average molecular weight is 1080 g/mol. The number of nitrogens with zero attached hydrogens (tertiary/aromatic N) is 6. The Balaban J connectivity index is 0.000000397. The minimum absolute atomic E-state index is 0. The second kappa shape index (κ2) is 18.5. The molecule has 0 spiro atoms. The van der Waals surface area contributed by atoms with E-state index in [9.17, 15) is 0 Å². The molecule has 0 saturated heterocycles. The summed E-state index contributed by atoms with van der Waals surface area (Å²) in [4.78, 5) is 4.22. The quantitative estimate of drug-likeness (QED) is 0.135. The Morgan fingerprint density at radius 3 is 1.39 bits per heavy atom. The van der Waals surface area contributed by atoms with Crippen molar-refractivity contribution in [3.63, 3.8) is 0 Å². The third-order valence-corrected chi connectivity index (χ3v) is 15.9. The summed E-state index contributed by atoms with van der Waals surface area (Å²) < 4.78 is 6.27. The number of hydrogen-bond donors (Lipinski definition) is 0. The van der Waals surface area contributed by atoms with Gasteiger partial charge in [-0.2, -0.15) is 57.7 Å². The van der Waals surface area contributed by atoms with Crippen LogP contribution in [0.15, 0.2) is 158 Å². The molecule has 0 N–H and O–H groups in total. The largest absolute Gasteiger partial charge is 3.00 e. The van der Waals surface area contributed by atoms with Crippen LogP contribution in [0.5, 0.6) is 0 Å². The van der Waals surface area contributed by atoms with E-state index in [1.165, 1.54) is 67.0 Å². The van der Waals surface area contributed by atoms with E-state index in [0.29, 0.717) is 0 Å². The Morgan fingerprint density at radius 1 is 0.493 bits per heavy atom. The van der Waals surface area contributed by atoms with Gasteiger partial charge >= 0.3 is 20.1 Å². The van der Waals surface area contributed by atoms with E-state index in [4.69, 9.17) is 10.2 Å². The van der Waals surface area contributed by atoms with Crippen molar-refractivity contribution in [3.05, 3.63) is 221 Å². The maximum atomic E-state index is 4.94. The molecule has 11 rings (SSSR count). The number of hydrogen-bond acceptors (Lipinski definition) is 3. The normalized spacial score (nSPS) is 15.3. The van der Waals surface area contributed by atoms with Gasteiger partial charge in [-0.15, -0.1) is 47.0 Å². The van der Waals surface area contributed by atoms with Crippen LogP contribution in [0.1, 0.15) is 100 Å². The Morgan fingerprint density at radius 2 is 0.957 bits per heavy atom. The van der Waals surface area contributed by atoms with Crippen molar-refractivity contribution >= 4 is 0 Å².